The molecule has 0 unspecified atom stereocenters. The third kappa shape index (κ3) is 1.90. The first kappa shape index (κ1) is 8.33. The summed E-state index contributed by atoms with van der Waals surface area (Å²) in [6.07, 6.45) is 11.4. The van der Waals surface area contributed by atoms with Crippen LogP contribution in [0.2, 0.25) is 0 Å². The van der Waals surface area contributed by atoms with Crippen LogP contribution in [0.4, 0.5) is 0 Å². The molecule has 0 aromatic carbocycles. The molecule has 1 aliphatic rings. The highest BCUT2D eigenvalue weighted by molar-refractivity contribution is 5.26. The van der Waals surface area contributed by atoms with Gasteiger partial charge >= 0.3 is 0 Å². The molecule has 1 aromatic heterocycles. The largest absolute Gasteiger partial charge is 0.376 e. The summed E-state index contributed by atoms with van der Waals surface area (Å²) in [5.41, 5.74) is 0.831. The van der Waals surface area contributed by atoms with E-state index in [1.807, 2.05) is 10.9 Å². The summed E-state index contributed by atoms with van der Waals surface area (Å²) in [5, 5.41) is 4.14. The molecule has 1 saturated heterocycles. The van der Waals surface area contributed by atoms with Gasteiger partial charge < -0.3 is 4.74 Å². The van der Waals surface area contributed by atoms with Gasteiger partial charge in [0.15, 0.2) is 0 Å². The third-order valence-corrected chi connectivity index (χ3v) is 2.21. The molecule has 2 heterocycles. The Hall–Kier alpha value is -1.27. The Balaban J connectivity index is 1.97. The first-order chi connectivity index (χ1) is 6.38. The normalized spacial score (nSPS) is 21.6. The number of hydrogen-bond acceptors (Lipinski definition) is 2. The monoisotopic (exact) mass is 176 g/mol. The maximum Gasteiger partial charge on any atom is 0.0771 e. The molecule has 0 aliphatic carbocycles. The first-order valence-corrected chi connectivity index (χ1v) is 4.49. The lowest BCUT2D eigenvalue weighted by molar-refractivity contribution is 0.0940. The Bertz CT molecular complexity index is 318. The predicted octanol–water partition coefficient (Wildman–Crippen LogP) is 1.04. The Morgan fingerprint density at radius 1 is 1.77 bits per heavy atom. The molecule has 3 heteroatoms. The van der Waals surface area contributed by atoms with Crippen LogP contribution in [0.25, 0.3) is 0 Å². The van der Waals surface area contributed by atoms with E-state index in [4.69, 9.17) is 11.2 Å². The number of aromatic nitrogens is 2. The Morgan fingerprint density at radius 2 is 2.69 bits per heavy atom. The zero-order chi connectivity index (χ0) is 9.10. The van der Waals surface area contributed by atoms with Crippen molar-refractivity contribution in [1.29, 1.82) is 0 Å². The topological polar surface area (TPSA) is 27.1 Å². The summed E-state index contributed by atoms with van der Waals surface area (Å²) in [4.78, 5) is 0. The number of terminal acetylenes is 1. The maximum atomic E-state index is 5.49. The summed E-state index contributed by atoms with van der Waals surface area (Å²) in [5.74, 6) is 2.55. The zero-order valence-corrected chi connectivity index (χ0v) is 7.44. The van der Waals surface area contributed by atoms with Crippen molar-refractivity contribution in [2.45, 2.75) is 25.5 Å². The molecule has 3 nitrogen and oxygen atoms in total. The lowest BCUT2D eigenvalue weighted by Gasteiger charge is -2.08. The second-order valence-corrected chi connectivity index (χ2v) is 3.23. The van der Waals surface area contributed by atoms with Gasteiger partial charge in [-0.3, -0.25) is 4.68 Å². The second kappa shape index (κ2) is 3.63. The maximum absolute atomic E-state index is 5.49. The third-order valence-electron chi connectivity index (χ3n) is 2.21. The van der Waals surface area contributed by atoms with E-state index in [-0.39, 0.29) is 0 Å². The zero-order valence-electron chi connectivity index (χ0n) is 7.44. The van der Waals surface area contributed by atoms with E-state index < -0.39 is 0 Å². The van der Waals surface area contributed by atoms with Gasteiger partial charge in [-0.15, -0.1) is 6.42 Å². The molecule has 13 heavy (non-hydrogen) atoms. The molecule has 68 valence electrons. The number of rotatable bonds is 2. The lowest BCUT2D eigenvalue weighted by atomic mass is 10.2. The van der Waals surface area contributed by atoms with Gasteiger partial charge in [0.1, 0.15) is 0 Å². The molecule has 0 N–H and O–H groups in total. The molecule has 1 fully saturated rings. The summed E-state index contributed by atoms with van der Waals surface area (Å²) < 4.78 is 7.34. The Kier molecular flexibility index (Phi) is 2.33. The van der Waals surface area contributed by atoms with Gasteiger partial charge in [-0.2, -0.15) is 5.10 Å². The molecule has 1 aliphatic heterocycles. The van der Waals surface area contributed by atoms with Crippen molar-refractivity contribution in [2.75, 3.05) is 6.61 Å². The van der Waals surface area contributed by atoms with Gasteiger partial charge in [-0.1, -0.05) is 5.92 Å². The van der Waals surface area contributed by atoms with Crippen LogP contribution in [-0.2, 0) is 11.3 Å². The fraction of sp³-hybridized carbons (Fsp3) is 0.500. The van der Waals surface area contributed by atoms with Crippen LogP contribution in [0, 0.1) is 12.3 Å². The van der Waals surface area contributed by atoms with Crippen molar-refractivity contribution < 1.29 is 4.74 Å². The van der Waals surface area contributed by atoms with Crippen LogP contribution in [0.3, 0.4) is 0 Å². The Morgan fingerprint density at radius 3 is 3.31 bits per heavy atom. The number of hydrogen-bond donors (Lipinski definition) is 0. The molecule has 0 radical (unpaired) electrons. The van der Waals surface area contributed by atoms with Gasteiger partial charge in [-0.05, 0) is 12.8 Å². The van der Waals surface area contributed by atoms with Gasteiger partial charge in [-0.25, -0.2) is 0 Å². The van der Waals surface area contributed by atoms with Crippen molar-refractivity contribution in [3.8, 4) is 12.3 Å². The second-order valence-electron chi connectivity index (χ2n) is 3.23. The highest BCUT2D eigenvalue weighted by Crippen LogP contribution is 2.13. The standard InChI is InChI=1S/C10H12N2O/c1-2-9-6-11-12(7-9)8-10-4-3-5-13-10/h1,6-7,10H,3-5,8H2/t10-/m1/s1. The van der Waals surface area contributed by atoms with Crippen LogP contribution in [0.15, 0.2) is 12.4 Å². The van der Waals surface area contributed by atoms with Crippen molar-refractivity contribution >= 4 is 0 Å². The Labute approximate surface area is 77.7 Å². The minimum Gasteiger partial charge on any atom is -0.376 e. The summed E-state index contributed by atoms with van der Waals surface area (Å²) in [7, 11) is 0. The summed E-state index contributed by atoms with van der Waals surface area (Å²) >= 11 is 0. The van der Waals surface area contributed by atoms with Crippen LogP contribution >= 0.6 is 0 Å². The molecule has 0 amide bonds. The quantitative estimate of drug-likeness (QED) is 0.630. The first-order valence-electron chi connectivity index (χ1n) is 4.49. The van der Waals surface area contributed by atoms with Gasteiger partial charge in [0.2, 0.25) is 0 Å². The van der Waals surface area contributed by atoms with E-state index in [2.05, 4.69) is 11.0 Å². The molecule has 0 bridgehead atoms. The lowest BCUT2D eigenvalue weighted by Crippen LogP contribution is -2.14. The highest BCUT2D eigenvalue weighted by Gasteiger charge is 2.15. The number of ether oxygens (including phenoxy) is 1. The molecule has 1 aromatic rings. The van der Waals surface area contributed by atoms with Gasteiger partial charge in [0, 0.05) is 12.8 Å². The highest BCUT2D eigenvalue weighted by atomic mass is 16.5. The van der Waals surface area contributed by atoms with E-state index >= 15 is 0 Å². The smallest absolute Gasteiger partial charge is 0.0771 e. The van der Waals surface area contributed by atoms with Crippen LogP contribution in [0.1, 0.15) is 18.4 Å². The van der Waals surface area contributed by atoms with E-state index in [9.17, 15) is 0 Å². The van der Waals surface area contributed by atoms with Crippen LogP contribution < -0.4 is 0 Å². The van der Waals surface area contributed by atoms with E-state index in [0.717, 1.165) is 31.6 Å². The summed E-state index contributed by atoms with van der Waals surface area (Å²) in [6, 6.07) is 0. The van der Waals surface area contributed by atoms with Crippen molar-refractivity contribution in [2.24, 2.45) is 0 Å². The molecule has 0 saturated carbocycles. The van der Waals surface area contributed by atoms with Crippen molar-refractivity contribution in [3.63, 3.8) is 0 Å². The average molecular weight is 176 g/mol. The van der Waals surface area contributed by atoms with Crippen LogP contribution in [-0.4, -0.2) is 22.5 Å². The molecular weight excluding hydrogens is 164 g/mol. The van der Waals surface area contributed by atoms with Crippen molar-refractivity contribution in [3.05, 3.63) is 18.0 Å². The van der Waals surface area contributed by atoms with E-state index in [0.29, 0.717) is 6.10 Å². The summed E-state index contributed by atoms with van der Waals surface area (Å²) in [6.45, 7) is 1.70. The van der Waals surface area contributed by atoms with Gasteiger partial charge in [0.05, 0.1) is 24.4 Å². The number of nitrogens with zero attached hydrogens (tertiary/aromatic N) is 2. The van der Waals surface area contributed by atoms with Crippen LogP contribution in [0.5, 0.6) is 0 Å². The fourth-order valence-electron chi connectivity index (χ4n) is 1.53. The molecule has 0 spiro atoms. The predicted molar refractivity (Wildman–Crippen MR) is 49.1 cm³/mol. The molecule has 2 rings (SSSR count). The minimum atomic E-state index is 0.325. The molecular formula is C10H12N2O. The SMILES string of the molecule is C#Cc1cnn(C[C@H]2CCCO2)c1. The van der Waals surface area contributed by atoms with E-state index in [1.165, 1.54) is 0 Å². The average Bonchev–Trinajstić information content (AvgIpc) is 2.76. The minimum absolute atomic E-state index is 0.325. The molecule has 1 atom stereocenters. The fourth-order valence-corrected chi connectivity index (χ4v) is 1.53. The van der Waals surface area contributed by atoms with Gasteiger partial charge in [0.25, 0.3) is 0 Å². The van der Waals surface area contributed by atoms with Crippen molar-refractivity contribution in [1.82, 2.24) is 9.78 Å². The van der Waals surface area contributed by atoms with E-state index in [1.54, 1.807) is 6.20 Å².